The first-order valence-corrected chi connectivity index (χ1v) is 8.27. The summed E-state index contributed by atoms with van der Waals surface area (Å²) < 4.78 is 15.6. The summed E-state index contributed by atoms with van der Waals surface area (Å²) in [5.74, 6) is -0.0137. The Labute approximate surface area is 153 Å². The molecule has 2 aromatic rings. The maximum atomic E-state index is 12.2. The molecule has 6 nitrogen and oxygen atoms in total. The van der Waals surface area contributed by atoms with Gasteiger partial charge in [0, 0.05) is 11.3 Å². The standard InChI is InChI=1S/C20H23NO5/c1-5-14-6-8-16(9-7-14)21-19(22)12-26-20(23)15-10-17(24-3)13(2)18(11-15)25-4/h6-11H,5,12H2,1-4H3,(H,21,22). The number of aryl methyl sites for hydroxylation is 1. The first-order valence-electron chi connectivity index (χ1n) is 8.27. The molecule has 1 N–H and O–H groups in total. The van der Waals surface area contributed by atoms with Crippen LogP contribution in [0.3, 0.4) is 0 Å². The molecule has 1 amide bonds. The molecular weight excluding hydrogens is 334 g/mol. The predicted molar refractivity (Wildman–Crippen MR) is 99.0 cm³/mol. The Hall–Kier alpha value is -3.02. The molecule has 0 spiro atoms. The summed E-state index contributed by atoms with van der Waals surface area (Å²) in [4.78, 5) is 24.2. The second kappa shape index (κ2) is 8.89. The summed E-state index contributed by atoms with van der Waals surface area (Å²) in [5, 5.41) is 2.69. The fourth-order valence-electron chi connectivity index (χ4n) is 2.44. The number of hydrogen-bond donors (Lipinski definition) is 1. The number of anilines is 1. The summed E-state index contributed by atoms with van der Waals surface area (Å²) in [5.41, 5.74) is 2.86. The molecule has 0 aliphatic rings. The molecule has 0 aliphatic carbocycles. The number of carbonyl (C=O) groups is 2. The third-order valence-electron chi connectivity index (χ3n) is 3.97. The van der Waals surface area contributed by atoms with Crippen LogP contribution < -0.4 is 14.8 Å². The van der Waals surface area contributed by atoms with E-state index in [1.165, 1.54) is 19.8 Å². The molecule has 0 fully saturated rings. The monoisotopic (exact) mass is 357 g/mol. The number of hydrogen-bond acceptors (Lipinski definition) is 5. The second-order valence-electron chi connectivity index (χ2n) is 5.68. The molecular formula is C20H23NO5. The van der Waals surface area contributed by atoms with E-state index in [-0.39, 0.29) is 12.2 Å². The minimum Gasteiger partial charge on any atom is -0.496 e. The third-order valence-corrected chi connectivity index (χ3v) is 3.97. The Morgan fingerprint density at radius 2 is 1.58 bits per heavy atom. The molecule has 0 radical (unpaired) electrons. The normalized spacial score (nSPS) is 10.2. The van der Waals surface area contributed by atoms with E-state index in [9.17, 15) is 9.59 Å². The van der Waals surface area contributed by atoms with Crippen molar-refractivity contribution in [3.63, 3.8) is 0 Å². The maximum Gasteiger partial charge on any atom is 0.338 e. The molecule has 0 saturated heterocycles. The van der Waals surface area contributed by atoms with Crippen LogP contribution in [0.5, 0.6) is 11.5 Å². The molecule has 0 aromatic heterocycles. The van der Waals surface area contributed by atoms with Gasteiger partial charge in [0.25, 0.3) is 5.91 Å². The number of benzene rings is 2. The third kappa shape index (κ3) is 4.75. The van der Waals surface area contributed by atoms with E-state index in [0.29, 0.717) is 17.2 Å². The van der Waals surface area contributed by atoms with Gasteiger partial charge in [-0.05, 0) is 43.2 Å². The van der Waals surface area contributed by atoms with Gasteiger partial charge in [-0.25, -0.2) is 4.79 Å². The van der Waals surface area contributed by atoms with Crippen molar-refractivity contribution in [2.24, 2.45) is 0 Å². The van der Waals surface area contributed by atoms with Gasteiger partial charge in [0.15, 0.2) is 6.61 Å². The molecule has 2 rings (SSSR count). The van der Waals surface area contributed by atoms with Crippen LogP contribution >= 0.6 is 0 Å². The van der Waals surface area contributed by atoms with Crippen molar-refractivity contribution in [3.8, 4) is 11.5 Å². The SMILES string of the molecule is CCc1ccc(NC(=O)COC(=O)c2cc(OC)c(C)c(OC)c2)cc1. The molecule has 0 heterocycles. The van der Waals surface area contributed by atoms with Gasteiger partial charge in [0.1, 0.15) is 11.5 Å². The van der Waals surface area contributed by atoms with Crippen LogP contribution in [-0.4, -0.2) is 32.7 Å². The Balaban J connectivity index is 1.98. The van der Waals surface area contributed by atoms with Crippen LogP contribution in [0, 0.1) is 6.92 Å². The number of amides is 1. The minimum atomic E-state index is -0.627. The summed E-state index contributed by atoms with van der Waals surface area (Å²) >= 11 is 0. The van der Waals surface area contributed by atoms with E-state index >= 15 is 0 Å². The molecule has 0 aliphatic heterocycles. The highest BCUT2D eigenvalue weighted by Gasteiger charge is 2.16. The Morgan fingerprint density at radius 3 is 2.08 bits per heavy atom. The van der Waals surface area contributed by atoms with E-state index in [1.54, 1.807) is 12.1 Å². The van der Waals surface area contributed by atoms with Crippen molar-refractivity contribution in [2.75, 3.05) is 26.1 Å². The maximum absolute atomic E-state index is 12.2. The van der Waals surface area contributed by atoms with Crippen LogP contribution in [-0.2, 0) is 16.0 Å². The van der Waals surface area contributed by atoms with E-state index in [2.05, 4.69) is 12.2 Å². The Kier molecular flexibility index (Phi) is 6.60. The number of methoxy groups -OCH3 is 2. The molecule has 6 heteroatoms. The van der Waals surface area contributed by atoms with Gasteiger partial charge in [-0.1, -0.05) is 19.1 Å². The van der Waals surface area contributed by atoms with Crippen LogP contribution in [0.4, 0.5) is 5.69 Å². The zero-order valence-electron chi connectivity index (χ0n) is 15.4. The van der Waals surface area contributed by atoms with Gasteiger partial charge in [0.05, 0.1) is 19.8 Å². The number of ether oxygens (including phenoxy) is 3. The first-order chi connectivity index (χ1) is 12.5. The summed E-state index contributed by atoms with van der Waals surface area (Å²) in [6.07, 6.45) is 0.926. The lowest BCUT2D eigenvalue weighted by Crippen LogP contribution is -2.21. The van der Waals surface area contributed by atoms with E-state index < -0.39 is 11.9 Å². The number of carbonyl (C=O) groups excluding carboxylic acids is 2. The quantitative estimate of drug-likeness (QED) is 0.769. The average Bonchev–Trinajstić information content (AvgIpc) is 2.66. The predicted octanol–water partition coefficient (Wildman–Crippen LogP) is 3.37. The van der Waals surface area contributed by atoms with Crippen LogP contribution in [0.1, 0.15) is 28.4 Å². The number of nitrogens with one attached hydrogen (secondary N) is 1. The van der Waals surface area contributed by atoms with Crippen molar-refractivity contribution in [1.29, 1.82) is 0 Å². The lowest BCUT2D eigenvalue weighted by atomic mass is 10.1. The van der Waals surface area contributed by atoms with Crippen LogP contribution in [0.2, 0.25) is 0 Å². The van der Waals surface area contributed by atoms with Gasteiger partial charge in [-0.2, -0.15) is 0 Å². The van der Waals surface area contributed by atoms with Crippen LogP contribution in [0.25, 0.3) is 0 Å². The van der Waals surface area contributed by atoms with Crippen molar-refractivity contribution >= 4 is 17.6 Å². The molecule has 0 saturated carbocycles. The highest BCUT2D eigenvalue weighted by atomic mass is 16.5. The lowest BCUT2D eigenvalue weighted by molar-refractivity contribution is -0.119. The van der Waals surface area contributed by atoms with Crippen molar-refractivity contribution < 1.29 is 23.8 Å². The van der Waals surface area contributed by atoms with E-state index in [1.807, 2.05) is 31.2 Å². The highest BCUT2D eigenvalue weighted by Crippen LogP contribution is 2.29. The lowest BCUT2D eigenvalue weighted by Gasteiger charge is -2.12. The number of rotatable bonds is 7. The summed E-state index contributed by atoms with van der Waals surface area (Å²) in [6.45, 7) is 3.50. The second-order valence-corrected chi connectivity index (χ2v) is 5.68. The number of esters is 1. The van der Waals surface area contributed by atoms with Gasteiger partial charge in [0.2, 0.25) is 0 Å². The zero-order valence-corrected chi connectivity index (χ0v) is 15.4. The molecule has 2 aromatic carbocycles. The minimum absolute atomic E-state index is 0.254. The topological polar surface area (TPSA) is 73.9 Å². The first kappa shape index (κ1) is 19.3. The van der Waals surface area contributed by atoms with E-state index in [4.69, 9.17) is 14.2 Å². The average molecular weight is 357 g/mol. The molecule has 138 valence electrons. The summed E-state index contributed by atoms with van der Waals surface area (Å²) in [7, 11) is 3.02. The van der Waals surface area contributed by atoms with Crippen molar-refractivity contribution in [2.45, 2.75) is 20.3 Å². The van der Waals surface area contributed by atoms with Gasteiger partial charge < -0.3 is 19.5 Å². The smallest absolute Gasteiger partial charge is 0.338 e. The molecule has 0 bridgehead atoms. The molecule has 0 atom stereocenters. The van der Waals surface area contributed by atoms with Gasteiger partial charge in [-0.3, -0.25) is 4.79 Å². The highest BCUT2D eigenvalue weighted by molar-refractivity contribution is 5.96. The Bertz CT molecular complexity index is 758. The fraction of sp³-hybridized carbons (Fsp3) is 0.300. The Morgan fingerprint density at radius 1 is 1.00 bits per heavy atom. The molecule has 0 unspecified atom stereocenters. The van der Waals surface area contributed by atoms with Crippen molar-refractivity contribution in [3.05, 3.63) is 53.1 Å². The fourth-order valence-corrected chi connectivity index (χ4v) is 2.44. The van der Waals surface area contributed by atoms with Gasteiger partial charge in [-0.15, -0.1) is 0 Å². The molecule has 26 heavy (non-hydrogen) atoms. The summed E-state index contributed by atoms with van der Waals surface area (Å²) in [6, 6.07) is 10.6. The van der Waals surface area contributed by atoms with Crippen LogP contribution in [0.15, 0.2) is 36.4 Å². The van der Waals surface area contributed by atoms with Crippen molar-refractivity contribution in [1.82, 2.24) is 0 Å². The van der Waals surface area contributed by atoms with Gasteiger partial charge >= 0.3 is 5.97 Å². The van der Waals surface area contributed by atoms with E-state index in [0.717, 1.165) is 12.0 Å². The zero-order chi connectivity index (χ0) is 19.1. The largest absolute Gasteiger partial charge is 0.496 e.